The molecule has 0 saturated heterocycles. The minimum absolute atomic E-state index is 1.07. The second-order valence-electron chi connectivity index (χ2n) is 15.7. The van der Waals surface area contributed by atoms with Gasteiger partial charge in [0.25, 0.3) is 0 Å². The van der Waals surface area contributed by atoms with E-state index in [2.05, 4.69) is 264 Å². The summed E-state index contributed by atoms with van der Waals surface area (Å²) in [5, 5.41) is 2.45. The van der Waals surface area contributed by atoms with Crippen molar-refractivity contribution in [2.45, 2.75) is 0 Å². The first kappa shape index (κ1) is 36.8. The first-order valence-corrected chi connectivity index (χ1v) is 21.3. The van der Waals surface area contributed by atoms with Crippen LogP contribution in [0, 0.1) is 0 Å². The molecule has 11 rings (SSSR count). The summed E-state index contributed by atoms with van der Waals surface area (Å²) in [6.45, 7) is 0. The lowest BCUT2D eigenvalue weighted by Crippen LogP contribution is -2.10. The van der Waals surface area contributed by atoms with E-state index in [-0.39, 0.29) is 0 Å². The zero-order valence-electron chi connectivity index (χ0n) is 34.1. The SMILES string of the molecule is c1ccc(-c2ccc(-c3ccc(N(c4cccc(-c5ccccc5-c5ccccc5)c4)c4ccc5c6ccccc6n(-c6ccccc6)c5c4)cc3-c3ccccc3)cc2)cc1. The van der Waals surface area contributed by atoms with Crippen LogP contribution in [0.2, 0.25) is 0 Å². The van der Waals surface area contributed by atoms with Crippen molar-refractivity contribution in [2.75, 3.05) is 4.90 Å². The average molecular weight is 791 g/mol. The first-order valence-electron chi connectivity index (χ1n) is 21.3. The van der Waals surface area contributed by atoms with Gasteiger partial charge in [0.2, 0.25) is 0 Å². The quantitative estimate of drug-likeness (QED) is 0.141. The van der Waals surface area contributed by atoms with Crippen LogP contribution in [0.15, 0.2) is 255 Å². The van der Waals surface area contributed by atoms with E-state index < -0.39 is 0 Å². The molecule has 1 heterocycles. The van der Waals surface area contributed by atoms with Gasteiger partial charge in [0.05, 0.1) is 11.0 Å². The van der Waals surface area contributed by atoms with E-state index in [0.29, 0.717) is 0 Å². The summed E-state index contributed by atoms with van der Waals surface area (Å²) in [5.74, 6) is 0. The molecule has 0 atom stereocenters. The number of anilines is 3. The number of para-hydroxylation sites is 2. The molecule has 0 N–H and O–H groups in total. The molecule has 2 heteroatoms. The molecule has 1 aromatic heterocycles. The van der Waals surface area contributed by atoms with Crippen molar-refractivity contribution in [3.63, 3.8) is 0 Å². The molecule has 2 nitrogen and oxygen atoms in total. The highest BCUT2D eigenvalue weighted by molar-refractivity contribution is 6.10. The van der Waals surface area contributed by atoms with Gasteiger partial charge in [0.15, 0.2) is 0 Å². The number of nitrogens with zero attached hydrogens (tertiary/aromatic N) is 2. The molecule has 0 aliphatic heterocycles. The van der Waals surface area contributed by atoms with Crippen LogP contribution in [0.5, 0.6) is 0 Å². The van der Waals surface area contributed by atoms with Gasteiger partial charge >= 0.3 is 0 Å². The first-order chi connectivity index (χ1) is 30.8. The van der Waals surface area contributed by atoms with Gasteiger partial charge in [-0.25, -0.2) is 0 Å². The van der Waals surface area contributed by atoms with E-state index >= 15 is 0 Å². The third-order valence-electron chi connectivity index (χ3n) is 12.0. The van der Waals surface area contributed by atoms with Crippen molar-refractivity contribution in [3.8, 4) is 61.3 Å². The monoisotopic (exact) mass is 790 g/mol. The van der Waals surface area contributed by atoms with Crippen molar-refractivity contribution in [1.82, 2.24) is 4.57 Å². The summed E-state index contributed by atoms with van der Waals surface area (Å²) in [6, 6.07) is 92.1. The third-order valence-corrected chi connectivity index (χ3v) is 12.0. The Morgan fingerprint density at radius 1 is 0.242 bits per heavy atom. The standard InChI is InChI=1S/C60H42N2/c1-5-18-43(19-6-1)44-32-34-47(35-33-44)55-38-36-51(41-58(55)46-22-9-3-10-23-46)61(50-27-17-24-48(40-50)54-29-14-13-28-53(54)45-20-7-2-8-21-45)52-37-39-57-56-30-15-16-31-59(56)62(60(57)42-52)49-25-11-4-12-26-49/h1-42H. The topological polar surface area (TPSA) is 8.17 Å². The molecule has 10 aromatic carbocycles. The smallest absolute Gasteiger partial charge is 0.0561 e. The molecule has 62 heavy (non-hydrogen) atoms. The molecule has 0 fully saturated rings. The van der Waals surface area contributed by atoms with Crippen molar-refractivity contribution in [1.29, 1.82) is 0 Å². The fourth-order valence-electron chi connectivity index (χ4n) is 9.07. The predicted molar refractivity (Wildman–Crippen MR) is 263 cm³/mol. The summed E-state index contributed by atoms with van der Waals surface area (Å²) >= 11 is 0. The number of benzene rings is 10. The van der Waals surface area contributed by atoms with Crippen LogP contribution in [-0.4, -0.2) is 4.57 Å². The maximum absolute atomic E-state index is 2.43. The molecule has 0 unspecified atom stereocenters. The zero-order chi connectivity index (χ0) is 41.2. The van der Waals surface area contributed by atoms with Gasteiger partial charge in [-0.2, -0.15) is 0 Å². The van der Waals surface area contributed by atoms with E-state index in [0.717, 1.165) is 33.8 Å². The molecule has 0 saturated carbocycles. The number of aromatic nitrogens is 1. The normalized spacial score (nSPS) is 11.2. The highest BCUT2D eigenvalue weighted by atomic mass is 15.1. The summed E-state index contributed by atoms with van der Waals surface area (Å²) in [6.07, 6.45) is 0. The van der Waals surface area contributed by atoms with Crippen LogP contribution in [-0.2, 0) is 0 Å². The van der Waals surface area contributed by atoms with Gasteiger partial charge in [-0.1, -0.05) is 200 Å². The van der Waals surface area contributed by atoms with Gasteiger partial charge in [0.1, 0.15) is 0 Å². The molecular weight excluding hydrogens is 749 g/mol. The van der Waals surface area contributed by atoms with Crippen LogP contribution >= 0.6 is 0 Å². The van der Waals surface area contributed by atoms with Crippen LogP contribution in [0.25, 0.3) is 83.1 Å². The van der Waals surface area contributed by atoms with Crippen LogP contribution in [0.3, 0.4) is 0 Å². The maximum Gasteiger partial charge on any atom is 0.0561 e. The summed E-state index contributed by atoms with van der Waals surface area (Å²) < 4.78 is 2.40. The highest BCUT2D eigenvalue weighted by Gasteiger charge is 2.20. The van der Waals surface area contributed by atoms with Crippen molar-refractivity contribution in [2.24, 2.45) is 0 Å². The van der Waals surface area contributed by atoms with Crippen molar-refractivity contribution < 1.29 is 0 Å². The number of fused-ring (bicyclic) bond motifs is 3. The summed E-state index contributed by atoms with van der Waals surface area (Å²) in [4.78, 5) is 2.43. The van der Waals surface area contributed by atoms with Gasteiger partial charge in [-0.05, 0) is 110 Å². The maximum atomic E-state index is 2.43. The lowest BCUT2D eigenvalue weighted by atomic mass is 9.92. The third kappa shape index (κ3) is 6.84. The molecule has 0 aliphatic carbocycles. The fourth-order valence-corrected chi connectivity index (χ4v) is 9.07. The van der Waals surface area contributed by atoms with E-state index in [9.17, 15) is 0 Å². The Labute approximate surface area is 362 Å². The minimum atomic E-state index is 1.07. The molecule has 0 radical (unpaired) electrons. The van der Waals surface area contributed by atoms with E-state index in [4.69, 9.17) is 0 Å². The predicted octanol–water partition coefficient (Wildman–Crippen LogP) is 16.6. The second kappa shape index (κ2) is 16.1. The van der Waals surface area contributed by atoms with Gasteiger partial charge in [-0.15, -0.1) is 0 Å². The number of hydrogen-bond donors (Lipinski definition) is 0. The fraction of sp³-hybridized carbons (Fsp3) is 0. The molecule has 0 aliphatic rings. The van der Waals surface area contributed by atoms with Crippen molar-refractivity contribution in [3.05, 3.63) is 255 Å². The largest absolute Gasteiger partial charge is 0.310 e. The highest BCUT2D eigenvalue weighted by Crippen LogP contribution is 2.44. The van der Waals surface area contributed by atoms with E-state index in [1.165, 1.54) is 66.4 Å². The summed E-state index contributed by atoms with van der Waals surface area (Å²) in [7, 11) is 0. The van der Waals surface area contributed by atoms with E-state index in [1.807, 2.05) is 0 Å². The lowest BCUT2D eigenvalue weighted by molar-refractivity contribution is 1.18. The molecular formula is C60H42N2. The summed E-state index contributed by atoms with van der Waals surface area (Å²) in [5.41, 5.74) is 18.6. The van der Waals surface area contributed by atoms with Crippen molar-refractivity contribution >= 4 is 38.9 Å². The Morgan fingerprint density at radius 2 is 0.694 bits per heavy atom. The Morgan fingerprint density at radius 3 is 1.40 bits per heavy atom. The van der Waals surface area contributed by atoms with Crippen LogP contribution < -0.4 is 4.90 Å². The van der Waals surface area contributed by atoms with Crippen LogP contribution in [0.4, 0.5) is 17.1 Å². The molecule has 0 amide bonds. The Kier molecular flexibility index (Phi) is 9.57. The Hall–Kier alpha value is -8.20. The Balaban J connectivity index is 1.12. The van der Waals surface area contributed by atoms with Gasteiger partial charge < -0.3 is 9.47 Å². The minimum Gasteiger partial charge on any atom is -0.310 e. The number of hydrogen-bond acceptors (Lipinski definition) is 1. The van der Waals surface area contributed by atoms with Gasteiger partial charge in [-0.3, -0.25) is 0 Å². The molecule has 292 valence electrons. The molecule has 0 spiro atoms. The lowest BCUT2D eigenvalue weighted by Gasteiger charge is -2.28. The second-order valence-corrected chi connectivity index (χ2v) is 15.7. The molecule has 0 bridgehead atoms. The number of rotatable bonds is 9. The van der Waals surface area contributed by atoms with E-state index in [1.54, 1.807) is 0 Å². The average Bonchev–Trinajstić information content (AvgIpc) is 3.69. The van der Waals surface area contributed by atoms with Crippen LogP contribution in [0.1, 0.15) is 0 Å². The zero-order valence-corrected chi connectivity index (χ0v) is 34.1. The van der Waals surface area contributed by atoms with Gasteiger partial charge in [0, 0.05) is 33.5 Å². The molecule has 11 aromatic rings. The Bertz CT molecular complexity index is 3310.